The van der Waals surface area contributed by atoms with Crippen LogP contribution in [0.5, 0.6) is 0 Å². The molecule has 0 N–H and O–H groups in total. The van der Waals surface area contributed by atoms with Crippen molar-refractivity contribution in [3.05, 3.63) is 69.8 Å². The molecule has 0 fully saturated rings. The summed E-state index contributed by atoms with van der Waals surface area (Å²) in [5, 5.41) is 0. The molecule has 2 aromatic rings. The molecule has 4 aliphatic rings. The fraction of sp³-hybridized carbons (Fsp3) is 0.538. The van der Waals surface area contributed by atoms with E-state index in [1.807, 2.05) is 0 Å². The van der Waals surface area contributed by atoms with Crippen LogP contribution in [0, 0.1) is 0 Å². The first-order chi connectivity index (χ1) is 14.2. The molecule has 6 rings (SSSR count). The third-order valence-corrected chi connectivity index (χ3v) is 8.57. The lowest BCUT2D eigenvalue weighted by Gasteiger charge is -2.48. The molecule has 0 radical (unpaired) electrons. The van der Waals surface area contributed by atoms with Crippen LogP contribution in [-0.4, -0.2) is 0 Å². The Labute approximate surface area is 186 Å². The van der Waals surface area contributed by atoms with E-state index in [4.69, 9.17) is 0 Å². The van der Waals surface area contributed by atoms with Crippen LogP contribution in [0.3, 0.4) is 0 Å². The fourth-order valence-electron chi connectivity index (χ4n) is 4.82. The molecule has 0 saturated carbocycles. The SMILES string of the molecule is CC1(C)c2ccc(c(C(F)(F)F)c2)C(C)(C)C(C)(C)c2ccc(c(C(F)(F)F)c2)C1(C)C. The van der Waals surface area contributed by atoms with E-state index in [0.717, 1.165) is 12.1 Å². The maximum atomic E-state index is 14.3. The molecule has 0 aromatic heterocycles. The Morgan fingerprint density at radius 2 is 0.750 bits per heavy atom. The third-order valence-electron chi connectivity index (χ3n) is 8.57. The highest BCUT2D eigenvalue weighted by Crippen LogP contribution is 2.54. The largest absolute Gasteiger partial charge is 0.416 e. The summed E-state index contributed by atoms with van der Waals surface area (Å²) >= 11 is 0. The van der Waals surface area contributed by atoms with Crippen LogP contribution in [0.1, 0.15) is 88.8 Å². The van der Waals surface area contributed by atoms with Crippen molar-refractivity contribution >= 4 is 0 Å². The molecule has 4 bridgehead atoms. The lowest BCUT2D eigenvalue weighted by molar-refractivity contribution is -0.139. The van der Waals surface area contributed by atoms with E-state index in [0.29, 0.717) is 11.1 Å². The van der Waals surface area contributed by atoms with Crippen molar-refractivity contribution in [1.29, 1.82) is 0 Å². The summed E-state index contributed by atoms with van der Waals surface area (Å²) in [7, 11) is 0. The molecule has 0 heterocycles. The summed E-state index contributed by atoms with van der Waals surface area (Å²) < 4.78 is 85.5. The highest BCUT2D eigenvalue weighted by atomic mass is 19.4. The molecular formula is C26H30F6. The number of rotatable bonds is 0. The van der Waals surface area contributed by atoms with E-state index in [2.05, 4.69) is 0 Å². The van der Waals surface area contributed by atoms with Gasteiger partial charge in [-0.2, -0.15) is 26.3 Å². The second-order valence-electron chi connectivity index (χ2n) is 11.0. The highest BCUT2D eigenvalue weighted by molar-refractivity contribution is 5.51. The molecule has 6 heteroatoms. The minimum Gasteiger partial charge on any atom is -0.166 e. The van der Waals surface area contributed by atoms with Crippen LogP contribution >= 0.6 is 0 Å². The van der Waals surface area contributed by atoms with Gasteiger partial charge in [0, 0.05) is 0 Å². The van der Waals surface area contributed by atoms with Gasteiger partial charge < -0.3 is 0 Å². The van der Waals surface area contributed by atoms with Crippen LogP contribution in [0.2, 0.25) is 0 Å². The predicted octanol–water partition coefficient (Wildman–Crippen LogP) is 8.55. The van der Waals surface area contributed by atoms with Crippen molar-refractivity contribution in [3.8, 4) is 0 Å². The molecule has 4 aliphatic carbocycles. The van der Waals surface area contributed by atoms with Gasteiger partial charge in [0.05, 0.1) is 11.1 Å². The van der Waals surface area contributed by atoms with Gasteiger partial charge in [-0.1, -0.05) is 79.7 Å². The highest BCUT2D eigenvalue weighted by Gasteiger charge is 2.50. The van der Waals surface area contributed by atoms with Gasteiger partial charge in [-0.25, -0.2) is 0 Å². The zero-order valence-electron chi connectivity index (χ0n) is 19.7. The first-order valence-corrected chi connectivity index (χ1v) is 10.6. The first-order valence-electron chi connectivity index (χ1n) is 10.6. The average Bonchev–Trinajstić information content (AvgIpc) is 2.64. The van der Waals surface area contributed by atoms with Crippen molar-refractivity contribution in [3.63, 3.8) is 0 Å². The van der Waals surface area contributed by atoms with Crippen molar-refractivity contribution in [1.82, 2.24) is 0 Å². The van der Waals surface area contributed by atoms with E-state index >= 15 is 0 Å². The van der Waals surface area contributed by atoms with E-state index in [-0.39, 0.29) is 11.1 Å². The molecule has 0 atom stereocenters. The zero-order chi connectivity index (χ0) is 24.7. The number of halogens is 6. The molecule has 0 amide bonds. The molecular weight excluding hydrogens is 426 g/mol. The lowest BCUT2D eigenvalue weighted by Crippen LogP contribution is -2.45. The Bertz CT molecular complexity index is 963. The Morgan fingerprint density at radius 3 is 1.00 bits per heavy atom. The Kier molecular flexibility index (Phi) is 5.22. The summed E-state index contributed by atoms with van der Waals surface area (Å²) in [6, 6.07) is 8.58. The van der Waals surface area contributed by atoms with Crippen molar-refractivity contribution in [2.24, 2.45) is 0 Å². The summed E-state index contributed by atoms with van der Waals surface area (Å²) in [4.78, 5) is 0. The first kappa shape index (κ1) is 24.7. The van der Waals surface area contributed by atoms with Crippen LogP contribution in [0.25, 0.3) is 0 Å². The summed E-state index contributed by atoms with van der Waals surface area (Å²) in [5.74, 6) is 0. The molecule has 0 aliphatic heterocycles. The third kappa shape index (κ3) is 3.36. The van der Waals surface area contributed by atoms with Gasteiger partial charge in [-0.3, -0.25) is 0 Å². The van der Waals surface area contributed by atoms with E-state index in [9.17, 15) is 26.3 Å². The summed E-state index contributed by atoms with van der Waals surface area (Å²) in [6.45, 7) is 13.5. The molecule has 0 spiro atoms. The Morgan fingerprint density at radius 1 is 0.469 bits per heavy atom. The van der Waals surface area contributed by atoms with Crippen molar-refractivity contribution < 1.29 is 26.3 Å². The van der Waals surface area contributed by atoms with Crippen molar-refractivity contribution in [2.45, 2.75) is 89.4 Å². The van der Waals surface area contributed by atoms with Gasteiger partial charge in [0.25, 0.3) is 0 Å². The van der Waals surface area contributed by atoms with E-state index in [1.54, 1.807) is 67.5 Å². The zero-order valence-corrected chi connectivity index (χ0v) is 19.7. The quantitative estimate of drug-likeness (QED) is 0.348. The lowest BCUT2D eigenvalue weighted by atomic mass is 9.56. The molecule has 0 unspecified atom stereocenters. The van der Waals surface area contributed by atoms with Gasteiger partial charge in [-0.15, -0.1) is 0 Å². The molecule has 0 nitrogen and oxygen atoms in total. The standard InChI is InChI=1S/C26H30F6/c1-21(2)15-9-11-18(19(13-15)25(27,28)29)24(7,8)22(3,4)16-10-12-17(23(21,5)6)20(14-16)26(30,31)32/h9-14H,1-8H3. The minimum absolute atomic E-state index is 0.0746. The van der Waals surface area contributed by atoms with E-state index < -0.39 is 45.1 Å². The topological polar surface area (TPSA) is 0 Å². The molecule has 2 aromatic carbocycles. The van der Waals surface area contributed by atoms with E-state index in [1.165, 1.54) is 12.1 Å². The molecule has 176 valence electrons. The average molecular weight is 457 g/mol. The predicted molar refractivity (Wildman–Crippen MR) is 115 cm³/mol. The van der Waals surface area contributed by atoms with Crippen molar-refractivity contribution in [2.75, 3.05) is 0 Å². The van der Waals surface area contributed by atoms with Crippen LogP contribution < -0.4 is 0 Å². The van der Waals surface area contributed by atoms with Gasteiger partial charge >= 0.3 is 12.4 Å². The number of benzene rings is 2. The van der Waals surface area contributed by atoms with Gasteiger partial charge in [0.15, 0.2) is 0 Å². The Balaban J connectivity index is 2.56. The maximum Gasteiger partial charge on any atom is 0.416 e. The second-order valence-corrected chi connectivity index (χ2v) is 11.0. The fourth-order valence-corrected chi connectivity index (χ4v) is 4.82. The van der Waals surface area contributed by atoms with Gasteiger partial charge in [0.1, 0.15) is 0 Å². The number of hydrogen-bond donors (Lipinski definition) is 0. The number of hydrogen-bond acceptors (Lipinski definition) is 0. The van der Waals surface area contributed by atoms with Crippen LogP contribution in [-0.2, 0) is 34.0 Å². The smallest absolute Gasteiger partial charge is 0.166 e. The van der Waals surface area contributed by atoms with Crippen LogP contribution in [0.15, 0.2) is 36.4 Å². The second kappa shape index (κ2) is 6.77. The molecule has 32 heavy (non-hydrogen) atoms. The summed E-state index contributed by atoms with van der Waals surface area (Å²) in [6.07, 6.45) is -9.19. The Hall–Kier alpha value is -1.98. The molecule has 0 saturated heterocycles. The van der Waals surface area contributed by atoms with Crippen LogP contribution in [0.4, 0.5) is 26.3 Å². The normalized spacial score (nSPS) is 21.2. The minimum atomic E-state index is -4.59. The number of alkyl halides is 6. The van der Waals surface area contributed by atoms with Gasteiger partial charge in [-0.05, 0) is 56.0 Å². The maximum absolute atomic E-state index is 14.3. The monoisotopic (exact) mass is 456 g/mol. The summed E-state index contributed by atoms with van der Waals surface area (Å²) in [5.41, 5.74) is -4.88. The van der Waals surface area contributed by atoms with Gasteiger partial charge in [0.2, 0.25) is 0 Å².